The van der Waals surface area contributed by atoms with Crippen LogP contribution in [0.2, 0.25) is 0 Å². The van der Waals surface area contributed by atoms with Gasteiger partial charge >= 0.3 is 0 Å². The lowest BCUT2D eigenvalue weighted by Crippen LogP contribution is -2.43. The van der Waals surface area contributed by atoms with E-state index in [-0.39, 0.29) is 24.9 Å². The number of para-hydroxylation sites is 2. The molecule has 0 unspecified atom stereocenters. The third-order valence-corrected chi connectivity index (χ3v) is 4.11. The molecule has 0 bridgehead atoms. The first-order chi connectivity index (χ1) is 12.6. The van der Waals surface area contributed by atoms with Crippen molar-refractivity contribution in [3.63, 3.8) is 0 Å². The van der Waals surface area contributed by atoms with E-state index in [9.17, 15) is 9.59 Å². The normalized spacial score (nSPS) is 13.3. The fraction of sp³-hybridized carbons (Fsp3) is 0.167. The fourth-order valence-corrected chi connectivity index (χ4v) is 2.79. The summed E-state index contributed by atoms with van der Waals surface area (Å²) in [4.78, 5) is 27.2. The average molecular weight is 348 g/mol. The molecule has 3 aromatic rings. The van der Waals surface area contributed by atoms with Crippen molar-refractivity contribution in [1.29, 1.82) is 0 Å². The fourth-order valence-electron chi connectivity index (χ4n) is 2.79. The molecule has 1 N–H and O–H groups in total. The monoisotopic (exact) mass is 348 g/mol. The maximum absolute atomic E-state index is 12.7. The number of nitrogens with one attached hydrogen (secondary N) is 1. The predicted molar refractivity (Wildman–Crippen MR) is 95.4 cm³/mol. The number of aryl methyl sites for hydroxylation is 1. The molecule has 1 aliphatic rings. The smallest absolute Gasteiger partial charge is 0.251 e. The van der Waals surface area contributed by atoms with Crippen molar-refractivity contribution in [2.45, 2.75) is 13.5 Å². The Labute approximate surface area is 149 Å². The van der Waals surface area contributed by atoms with Crippen molar-refractivity contribution in [3.05, 3.63) is 54.1 Å². The van der Waals surface area contributed by atoms with Gasteiger partial charge in [-0.2, -0.15) is 4.80 Å². The molecule has 4 rings (SSSR count). The van der Waals surface area contributed by atoms with E-state index in [4.69, 9.17) is 0 Å². The minimum atomic E-state index is -0.278. The van der Waals surface area contributed by atoms with Gasteiger partial charge in [0, 0.05) is 5.56 Å². The van der Waals surface area contributed by atoms with E-state index >= 15 is 0 Å². The van der Waals surface area contributed by atoms with Crippen LogP contribution >= 0.6 is 0 Å². The summed E-state index contributed by atoms with van der Waals surface area (Å²) in [6.07, 6.45) is 0. The third kappa shape index (κ3) is 3.04. The topological polar surface area (TPSA) is 93.0 Å². The van der Waals surface area contributed by atoms with E-state index in [1.807, 2.05) is 37.3 Å². The molecule has 0 saturated carbocycles. The van der Waals surface area contributed by atoms with Crippen LogP contribution in [0.5, 0.6) is 0 Å². The number of hydrogen-bond donors (Lipinski definition) is 1. The van der Waals surface area contributed by atoms with Gasteiger partial charge in [0.25, 0.3) is 5.91 Å². The van der Waals surface area contributed by atoms with Crippen molar-refractivity contribution in [2.24, 2.45) is 0 Å². The lowest BCUT2D eigenvalue weighted by atomic mass is 10.1. The van der Waals surface area contributed by atoms with Gasteiger partial charge in [0.15, 0.2) is 0 Å². The number of rotatable bonds is 3. The van der Waals surface area contributed by atoms with Gasteiger partial charge in [-0.15, -0.1) is 10.2 Å². The summed E-state index contributed by atoms with van der Waals surface area (Å²) in [6.45, 7) is 1.87. The number of hydrogen-bond acceptors (Lipinski definition) is 5. The van der Waals surface area contributed by atoms with Gasteiger partial charge in [-0.05, 0) is 24.3 Å². The minimum absolute atomic E-state index is 0.0324. The van der Waals surface area contributed by atoms with Crippen LogP contribution in [-0.4, -0.2) is 38.6 Å². The Morgan fingerprint density at radius 3 is 2.73 bits per heavy atom. The zero-order chi connectivity index (χ0) is 18.1. The second kappa shape index (κ2) is 6.40. The Kier molecular flexibility index (Phi) is 3.92. The first-order valence-electron chi connectivity index (χ1n) is 8.14. The van der Waals surface area contributed by atoms with Gasteiger partial charge in [-0.3, -0.25) is 14.5 Å². The van der Waals surface area contributed by atoms with E-state index in [0.717, 1.165) is 11.1 Å². The van der Waals surface area contributed by atoms with E-state index in [2.05, 4.69) is 20.7 Å². The molecule has 130 valence electrons. The van der Waals surface area contributed by atoms with Crippen LogP contribution in [0.4, 0.5) is 11.4 Å². The Balaban J connectivity index is 1.54. The first-order valence-corrected chi connectivity index (χ1v) is 8.14. The number of carbonyl (C=O) groups excluding carboxylic acids is 2. The SMILES string of the molecule is Cc1ccc(-c2nnn(CC(=O)N3CC(=O)Nc4ccccc43)n2)cc1. The number of fused-ring (bicyclic) bond motifs is 1. The van der Waals surface area contributed by atoms with Gasteiger partial charge in [-0.25, -0.2) is 0 Å². The van der Waals surface area contributed by atoms with Crippen molar-refractivity contribution >= 4 is 23.2 Å². The molecular weight excluding hydrogens is 332 g/mol. The van der Waals surface area contributed by atoms with Crippen LogP contribution < -0.4 is 10.2 Å². The van der Waals surface area contributed by atoms with Gasteiger partial charge in [0.1, 0.15) is 13.1 Å². The molecule has 2 amide bonds. The molecule has 0 saturated heterocycles. The highest BCUT2D eigenvalue weighted by molar-refractivity contribution is 6.09. The van der Waals surface area contributed by atoms with Crippen LogP contribution in [0.1, 0.15) is 5.56 Å². The largest absolute Gasteiger partial charge is 0.323 e. The number of carbonyl (C=O) groups is 2. The average Bonchev–Trinajstić information content (AvgIpc) is 3.10. The molecule has 8 heteroatoms. The summed E-state index contributed by atoms with van der Waals surface area (Å²) >= 11 is 0. The summed E-state index contributed by atoms with van der Waals surface area (Å²) in [7, 11) is 0. The lowest BCUT2D eigenvalue weighted by Gasteiger charge is -2.28. The molecule has 1 aliphatic heterocycles. The summed E-state index contributed by atoms with van der Waals surface area (Å²) in [5.41, 5.74) is 3.25. The van der Waals surface area contributed by atoms with Crippen molar-refractivity contribution in [3.8, 4) is 11.4 Å². The zero-order valence-corrected chi connectivity index (χ0v) is 14.1. The van der Waals surface area contributed by atoms with Crippen LogP contribution in [0.25, 0.3) is 11.4 Å². The summed E-state index contributed by atoms with van der Waals surface area (Å²) < 4.78 is 0. The summed E-state index contributed by atoms with van der Waals surface area (Å²) in [5, 5.41) is 15.0. The van der Waals surface area contributed by atoms with Crippen molar-refractivity contribution in [2.75, 3.05) is 16.8 Å². The molecule has 8 nitrogen and oxygen atoms in total. The maximum atomic E-state index is 12.7. The molecule has 2 aromatic carbocycles. The van der Waals surface area contributed by atoms with E-state index in [1.165, 1.54) is 9.70 Å². The number of anilines is 2. The number of aromatic nitrogens is 4. The molecule has 2 heterocycles. The van der Waals surface area contributed by atoms with Gasteiger partial charge in [-0.1, -0.05) is 42.0 Å². The van der Waals surface area contributed by atoms with E-state index in [0.29, 0.717) is 17.2 Å². The molecule has 26 heavy (non-hydrogen) atoms. The number of benzene rings is 2. The zero-order valence-electron chi connectivity index (χ0n) is 14.1. The number of amides is 2. The molecule has 0 spiro atoms. The highest BCUT2D eigenvalue weighted by Gasteiger charge is 2.27. The van der Waals surface area contributed by atoms with Crippen LogP contribution in [0.3, 0.4) is 0 Å². The van der Waals surface area contributed by atoms with E-state index in [1.54, 1.807) is 18.2 Å². The second-order valence-corrected chi connectivity index (χ2v) is 6.05. The van der Waals surface area contributed by atoms with Crippen LogP contribution in [0, 0.1) is 6.92 Å². The standard InChI is InChI=1S/C18H16N6O2/c1-12-6-8-13(9-7-12)18-20-22-24(21-18)11-17(26)23-10-16(25)19-14-4-2-3-5-15(14)23/h2-9H,10-11H2,1H3,(H,19,25). The Hall–Kier alpha value is -3.55. The third-order valence-electron chi connectivity index (χ3n) is 4.11. The minimum Gasteiger partial charge on any atom is -0.323 e. The van der Waals surface area contributed by atoms with Gasteiger partial charge < -0.3 is 5.32 Å². The van der Waals surface area contributed by atoms with Crippen LogP contribution in [0.15, 0.2) is 48.5 Å². The molecular formula is C18H16N6O2. The predicted octanol–water partition coefficient (Wildman–Crippen LogP) is 1.63. The highest BCUT2D eigenvalue weighted by atomic mass is 16.2. The summed E-state index contributed by atoms with van der Waals surface area (Å²) in [6, 6.07) is 14.9. The van der Waals surface area contributed by atoms with Crippen LogP contribution in [-0.2, 0) is 16.1 Å². The van der Waals surface area contributed by atoms with E-state index < -0.39 is 0 Å². The Morgan fingerprint density at radius 2 is 1.92 bits per heavy atom. The van der Waals surface area contributed by atoms with Gasteiger partial charge in [0.2, 0.25) is 11.7 Å². The molecule has 1 aromatic heterocycles. The Morgan fingerprint density at radius 1 is 1.15 bits per heavy atom. The van der Waals surface area contributed by atoms with Gasteiger partial charge in [0.05, 0.1) is 11.4 Å². The maximum Gasteiger partial charge on any atom is 0.251 e. The number of tetrazole rings is 1. The summed E-state index contributed by atoms with van der Waals surface area (Å²) in [5.74, 6) is -0.0568. The molecule has 0 aliphatic carbocycles. The quantitative estimate of drug-likeness (QED) is 0.777. The molecule has 0 fully saturated rings. The van der Waals surface area contributed by atoms with Crippen molar-refractivity contribution in [1.82, 2.24) is 20.2 Å². The lowest BCUT2D eigenvalue weighted by molar-refractivity contribution is -0.122. The number of nitrogens with zero attached hydrogens (tertiary/aromatic N) is 5. The first kappa shape index (κ1) is 15.9. The molecule has 0 atom stereocenters. The second-order valence-electron chi connectivity index (χ2n) is 6.05. The Bertz CT molecular complexity index is 979. The molecule has 0 radical (unpaired) electrons. The highest BCUT2D eigenvalue weighted by Crippen LogP contribution is 2.29. The van der Waals surface area contributed by atoms with Crippen molar-refractivity contribution < 1.29 is 9.59 Å².